The Morgan fingerprint density at radius 2 is 1.92 bits per heavy atom. The Morgan fingerprint density at radius 3 is 2.46 bits per heavy atom. The van der Waals surface area contributed by atoms with Gasteiger partial charge in [0.05, 0.1) is 11.4 Å². The lowest BCUT2D eigenvalue weighted by molar-refractivity contribution is -0.134. The Balaban J connectivity index is 2.53. The molecule has 1 aromatic rings. The maximum absolute atomic E-state index is 12.2. The number of imide groups is 1. The van der Waals surface area contributed by atoms with Crippen molar-refractivity contribution < 1.29 is 14.4 Å². The molecule has 0 aromatic heterocycles. The third-order valence-electron chi connectivity index (χ3n) is 4.56. The first-order valence-corrected chi connectivity index (χ1v) is 8.16. The van der Waals surface area contributed by atoms with Gasteiger partial charge in [0.2, 0.25) is 18.2 Å². The number of nitrogens with one attached hydrogen (secondary N) is 1. The van der Waals surface area contributed by atoms with Gasteiger partial charge < -0.3 is 9.80 Å². The summed E-state index contributed by atoms with van der Waals surface area (Å²) < 4.78 is 0. The zero-order valence-corrected chi connectivity index (χ0v) is 14.9. The van der Waals surface area contributed by atoms with E-state index in [9.17, 15) is 14.4 Å². The van der Waals surface area contributed by atoms with Crippen molar-refractivity contribution in [1.29, 1.82) is 0 Å². The van der Waals surface area contributed by atoms with Crippen molar-refractivity contribution in [2.24, 2.45) is 0 Å². The second-order valence-electron chi connectivity index (χ2n) is 6.61. The highest BCUT2D eigenvalue weighted by Gasteiger charge is 2.32. The normalized spacial score (nSPS) is 17.7. The molecule has 1 atom stereocenters. The fourth-order valence-corrected chi connectivity index (χ4v) is 3.35. The number of likely N-dealkylation sites (N-methyl/N-ethyl adjacent to an activating group) is 1. The number of anilines is 2. The molecule has 0 radical (unpaired) electrons. The van der Waals surface area contributed by atoms with E-state index in [2.05, 4.69) is 19.2 Å². The summed E-state index contributed by atoms with van der Waals surface area (Å²) in [7, 11) is 3.55. The van der Waals surface area contributed by atoms with E-state index >= 15 is 0 Å². The van der Waals surface area contributed by atoms with E-state index in [1.807, 2.05) is 31.0 Å². The molecule has 6 heteroatoms. The number of carbonyl (C=O) groups is 3. The fourth-order valence-electron chi connectivity index (χ4n) is 3.35. The predicted molar refractivity (Wildman–Crippen MR) is 94.3 cm³/mol. The standard InChI is InChI=1S/C18H25N3O3/c1-11(2)16-12(3)6-7-13(17(16)20(4)10-22)21(5)14-8-9-15(23)19-18(14)24/h6-7,10-11,14H,8-9H2,1-5H3,(H,19,23,24). The molecule has 1 aromatic carbocycles. The maximum Gasteiger partial charge on any atom is 0.249 e. The number of carbonyl (C=O) groups excluding carboxylic acids is 3. The van der Waals surface area contributed by atoms with E-state index in [-0.39, 0.29) is 17.7 Å². The highest BCUT2D eigenvalue weighted by Crippen LogP contribution is 2.39. The molecular weight excluding hydrogens is 306 g/mol. The van der Waals surface area contributed by atoms with E-state index in [4.69, 9.17) is 0 Å². The number of aryl methyl sites for hydroxylation is 1. The summed E-state index contributed by atoms with van der Waals surface area (Å²) in [5, 5.41) is 2.39. The molecule has 6 nitrogen and oxygen atoms in total. The highest BCUT2D eigenvalue weighted by molar-refractivity contribution is 6.02. The third-order valence-corrected chi connectivity index (χ3v) is 4.56. The minimum Gasteiger partial charge on any atom is -0.361 e. The molecule has 2 rings (SSSR count). The summed E-state index contributed by atoms with van der Waals surface area (Å²) in [6, 6.07) is 3.51. The van der Waals surface area contributed by atoms with Crippen LogP contribution in [0.15, 0.2) is 12.1 Å². The van der Waals surface area contributed by atoms with Gasteiger partial charge in [-0.15, -0.1) is 0 Å². The summed E-state index contributed by atoms with van der Waals surface area (Å²) in [6.07, 6.45) is 1.57. The fraction of sp³-hybridized carbons (Fsp3) is 0.500. The van der Waals surface area contributed by atoms with E-state index < -0.39 is 6.04 Å². The van der Waals surface area contributed by atoms with Gasteiger partial charge in [0.1, 0.15) is 6.04 Å². The van der Waals surface area contributed by atoms with Crippen molar-refractivity contribution in [2.45, 2.75) is 45.6 Å². The number of amides is 3. The molecule has 1 fully saturated rings. The summed E-state index contributed by atoms with van der Waals surface area (Å²) >= 11 is 0. The third kappa shape index (κ3) is 3.27. The summed E-state index contributed by atoms with van der Waals surface area (Å²) in [5.74, 6) is -0.292. The molecule has 24 heavy (non-hydrogen) atoms. The minimum atomic E-state index is -0.427. The first kappa shape index (κ1) is 18.0. The van der Waals surface area contributed by atoms with Gasteiger partial charge in [0.25, 0.3) is 0 Å². The molecule has 3 amide bonds. The molecule has 1 unspecified atom stereocenters. The first-order chi connectivity index (χ1) is 11.3. The minimum absolute atomic E-state index is 0.234. The maximum atomic E-state index is 12.2. The van der Waals surface area contributed by atoms with Gasteiger partial charge in [0.15, 0.2) is 0 Å². The van der Waals surface area contributed by atoms with Gasteiger partial charge in [-0.3, -0.25) is 19.7 Å². The van der Waals surface area contributed by atoms with Crippen LogP contribution in [0.2, 0.25) is 0 Å². The van der Waals surface area contributed by atoms with Crippen LogP contribution in [-0.2, 0) is 14.4 Å². The van der Waals surface area contributed by atoms with Crippen LogP contribution in [0, 0.1) is 6.92 Å². The van der Waals surface area contributed by atoms with E-state index in [1.54, 1.807) is 11.9 Å². The Morgan fingerprint density at radius 1 is 1.25 bits per heavy atom. The van der Waals surface area contributed by atoms with Gasteiger partial charge in [-0.1, -0.05) is 19.9 Å². The van der Waals surface area contributed by atoms with Crippen LogP contribution in [-0.4, -0.2) is 38.4 Å². The van der Waals surface area contributed by atoms with Gasteiger partial charge in [0, 0.05) is 20.5 Å². The van der Waals surface area contributed by atoms with Crippen LogP contribution < -0.4 is 15.1 Å². The largest absolute Gasteiger partial charge is 0.361 e. The van der Waals surface area contributed by atoms with Crippen molar-refractivity contribution in [3.63, 3.8) is 0 Å². The van der Waals surface area contributed by atoms with Crippen LogP contribution in [0.4, 0.5) is 11.4 Å². The first-order valence-electron chi connectivity index (χ1n) is 8.16. The lowest BCUT2D eigenvalue weighted by Gasteiger charge is -2.35. The number of benzene rings is 1. The molecule has 0 aliphatic carbocycles. The van der Waals surface area contributed by atoms with E-state index in [0.29, 0.717) is 12.8 Å². The zero-order valence-electron chi connectivity index (χ0n) is 14.9. The molecule has 0 saturated carbocycles. The molecule has 1 N–H and O–H groups in total. The second kappa shape index (κ2) is 7.03. The van der Waals surface area contributed by atoms with E-state index in [0.717, 1.165) is 28.9 Å². The van der Waals surface area contributed by atoms with Crippen molar-refractivity contribution in [1.82, 2.24) is 5.32 Å². The Labute approximate surface area is 142 Å². The Hall–Kier alpha value is -2.37. The van der Waals surface area contributed by atoms with Crippen molar-refractivity contribution >= 4 is 29.6 Å². The summed E-state index contributed by atoms with van der Waals surface area (Å²) in [5.41, 5.74) is 3.82. The molecule has 1 heterocycles. The lowest BCUT2D eigenvalue weighted by Crippen LogP contribution is -2.51. The Bertz CT molecular complexity index is 670. The van der Waals surface area contributed by atoms with Gasteiger partial charge in [-0.2, -0.15) is 0 Å². The number of nitrogens with zero attached hydrogens (tertiary/aromatic N) is 2. The number of hydrogen-bond donors (Lipinski definition) is 1. The average molecular weight is 331 g/mol. The molecule has 1 saturated heterocycles. The van der Waals surface area contributed by atoms with Gasteiger partial charge in [-0.25, -0.2) is 0 Å². The highest BCUT2D eigenvalue weighted by atomic mass is 16.2. The molecule has 0 bridgehead atoms. The average Bonchev–Trinajstić information content (AvgIpc) is 2.52. The smallest absolute Gasteiger partial charge is 0.249 e. The van der Waals surface area contributed by atoms with Crippen LogP contribution >= 0.6 is 0 Å². The van der Waals surface area contributed by atoms with Gasteiger partial charge >= 0.3 is 0 Å². The molecule has 1 aliphatic rings. The van der Waals surface area contributed by atoms with Crippen LogP contribution in [0.25, 0.3) is 0 Å². The van der Waals surface area contributed by atoms with Crippen LogP contribution in [0.3, 0.4) is 0 Å². The van der Waals surface area contributed by atoms with Crippen molar-refractivity contribution in [2.75, 3.05) is 23.9 Å². The number of hydrogen-bond acceptors (Lipinski definition) is 4. The van der Waals surface area contributed by atoms with Gasteiger partial charge in [-0.05, 0) is 36.5 Å². The van der Waals surface area contributed by atoms with Crippen LogP contribution in [0.5, 0.6) is 0 Å². The summed E-state index contributed by atoms with van der Waals surface area (Å²) in [6.45, 7) is 6.19. The zero-order chi connectivity index (χ0) is 18.0. The Kier molecular flexibility index (Phi) is 5.26. The lowest BCUT2D eigenvalue weighted by atomic mass is 9.93. The number of piperidine rings is 1. The predicted octanol–water partition coefficient (Wildman–Crippen LogP) is 1.95. The summed E-state index contributed by atoms with van der Waals surface area (Å²) in [4.78, 5) is 38.4. The molecule has 0 spiro atoms. The molecular formula is C18H25N3O3. The second-order valence-corrected chi connectivity index (χ2v) is 6.61. The monoisotopic (exact) mass is 331 g/mol. The van der Waals surface area contributed by atoms with Crippen molar-refractivity contribution in [3.05, 3.63) is 23.3 Å². The van der Waals surface area contributed by atoms with Crippen molar-refractivity contribution in [3.8, 4) is 0 Å². The topological polar surface area (TPSA) is 69.7 Å². The van der Waals surface area contributed by atoms with E-state index in [1.165, 1.54) is 0 Å². The SMILES string of the molecule is Cc1ccc(N(C)C2CCC(=O)NC2=O)c(N(C)C=O)c1C(C)C. The van der Waals surface area contributed by atoms with Crippen LogP contribution in [0.1, 0.15) is 43.7 Å². The quantitative estimate of drug-likeness (QED) is 0.661. The number of rotatable bonds is 5. The molecule has 1 aliphatic heterocycles. The molecule has 130 valence electrons.